The fourth-order valence-corrected chi connectivity index (χ4v) is 5.21. The minimum absolute atomic E-state index is 0.0547. The van der Waals surface area contributed by atoms with Crippen molar-refractivity contribution in [1.82, 2.24) is 19.8 Å². The Morgan fingerprint density at radius 1 is 1.32 bits per heavy atom. The van der Waals surface area contributed by atoms with Gasteiger partial charge in [-0.3, -0.25) is 14.3 Å². The molecule has 11 heteroatoms. The number of fused-ring (bicyclic) bond motifs is 1. The van der Waals surface area contributed by atoms with E-state index >= 15 is 0 Å². The molecule has 4 rings (SSSR count). The molecule has 1 saturated carbocycles. The van der Waals surface area contributed by atoms with E-state index in [1.54, 1.807) is 6.20 Å². The lowest BCUT2D eigenvalue weighted by molar-refractivity contribution is -0.201. The van der Waals surface area contributed by atoms with Gasteiger partial charge in [0.25, 0.3) is 5.91 Å². The number of sulfone groups is 1. The van der Waals surface area contributed by atoms with E-state index in [-0.39, 0.29) is 24.5 Å². The van der Waals surface area contributed by atoms with Gasteiger partial charge in [0.2, 0.25) is 0 Å². The average molecular weight is 531 g/mol. The number of ether oxygens (including phenoxy) is 1. The summed E-state index contributed by atoms with van der Waals surface area (Å²) in [4.78, 5) is 34.7. The first-order valence-electron chi connectivity index (χ1n) is 12.4. The van der Waals surface area contributed by atoms with Crippen molar-refractivity contribution in [2.45, 2.75) is 68.6 Å². The van der Waals surface area contributed by atoms with E-state index in [0.29, 0.717) is 25.1 Å². The zero-order chi connectivity index (χ0) is 26.8. The number of nitrogens with zero attached hydrogens (tertiary/aromatic N) is 3. The molecule has 1 saturated heterocycles. The minimum atomic E-state index is -3.82. The van der Waals surface area contributed by atoms with Gasteiger partial charge in [0.1, 0.15) is 0 Å². The van der Waals surface area contributed by atoms with Crippen LogP contribution in [0.3, 0.4) is 0 Å². The fourth-order valence-electron chi connectivity index (χ4n) is 4.37. The van der Waals surface area contributed by atoms with Crippen LogP contribution in [0.1, 0.15) is 56.7 Å². The van der Waals surface area contributed by atoms with E-state index in [4.69, 9.17) is 9.57 Å². The van der Waals surface area contributed by atoms with Gasteiger partial charge in [-0.05, 0) is 71.0 Å². The van der Waals surface area contributed by atoms with Crippen LogP contribution in [0.15, 0.2) is 12.3 Å². The molecule has 0 bridgehead atoms. The van der Waals surface area contributed by atoms with Gasteiger partial charge in [0, 0.05) is 43.3 Å². The van der Waals surface area contributed by atoms with E-state index in [2.05, 4.69) is 34.1 Å². The molecule has 2 aliphatic heterocycles. The van der Waals surface area contributed by atoms with E-state index in [0.717, 1.165) is 37.6 Å². The lowest BCUT2D eigenvalue weighted by Gasteiger charge is -2.29. The average Bonchev–Trinajstić information content (AvgIpc) is 3.46. The number of hydrogen-bond acceptors (Lipinski definition) is 7. The summed E-state index contributed by atoms with van der Waals surface area (Å²) in [6, 6.07) is 1.54. The number of carbonyl (C=O) groups excluding carboxylic acids is 2. The second-order valence-corrected chi connectivity index (χ2v) is 12.8. The molecular weight excluding hydrogens is 496 g/mol. The number of carbonyl (C=O) groups is 2. The molecule has 1 aromatic rings. The van der Waals surface area contributed by atoms with Crippen LogP contribution in [-0.2, 0) is 30.8 Å². The zero-order valence-corrected chi connectivity index (χ0v) is 22.6. The Morgan fingerprint density at radius 3 is 2.68 bits per heavy atom. The van der Waals surface area contributed by atoms with Gasteiger partial charge in [-0.2, -0.15) is 0 Å². The highest BCUT2D eigenvalue weighted by Crippen LogP contribution is 2.39. The quantitative estimate of drug-likeness (QED) is 0.401. The highest BCUT2D eigenvalue weighted by molar-refractivity contribution is 7.92. The number of hydrogen-bond donors (Lipinski definition) is 1. The molecule has 200 valence electrons. The monoisotopic (exact) mass is 530 g/mol. The smallest absolute Gasteiger partial charge is 0.328 e. The first-order valence-corrected chi connectivity index (χ1v) is 14.3. The molecule has 2 unspecified atom stereocenters. The van der Waals surface area contributed by atoms with Gasteiger partial charge >= 0.3 is 6.03 Å². The summed E-state index contributed by atoms with van der Waals surface area (Å²) in [6.45, 7) is 2.25. The Kier molecular flexibility index (Phi) is 7.72. The number of aromatic nitrogens is 1. The van der Waals surface area contributed by atoms with Crippen LogP contribution in [0.25, 0.3) is 0 Å². The van der Waals surface area contributed by atoms with Gasteiger partial charge in [-0.25, -0.2) is 23.5 Å². The first-order chi connectivity index (χ1) is 17.4. The summed E-state index contributed by atoms with van der Waals surface area (Å²) < 4.78 is 30.3. The molecule has 3 heterocycles. The summed E-state index contributed by atoms with van der Waals surface area (Å²) in [5.74, 6) is 11.2. The normalized spacial score (nSPS) is 21.8. The standard InChI is InChI=1S/C26H34N4O6S/c1-25(37(4,33)34,23(31)27-36-22-10-6-8-16-35-22)14-15-29-19-21-17-20(18-30(21)24(29)32)9-5-7-11-26(12-13-26)28(2)3/h17-18,22H,6,8,10,12-16,19H2,1-4H3,(H,27,31). The van der Waals surface area contributed by atoms with Crippen molar-refractivity contribution < 1.29 is 27.6 Å². The van der Waals surface area contributed by atoms with Crippen molar-refractivity contribution in [2.75, 3.05) is 33.5 Å². The van der Waals surface area contributed by atoms with Crippen molar-refractivity contribution in [3.8, 4) is 23.7 Å². The van der Waals surface area contributed by atoms with Gasteiger partial charge in [0.05, 0.1) is 12.1 Å². The predicted molar refractivity (Wildman–Crippen MR) is 137 cm³/mol. The molecule has 37 heavy (non-hydrogen) atoms. The Hall–Kier alpha value is -2.83. The maximum atomic E-state index is 12.9. The predicted octanol–water partition coefficient (Wildman–Crippen LogP) is 1.49. The fraction of sp³-hybridized carbons (Fsp3) is 0.615. The molecule has 3 aliphatic rings. The molecule has 1 N–H and O–H groups in total. The zero-order valence-electron chi connectivity index (χ0n) is 21.8. The largest absolute Gasteiger partial charge is 0.350 e. The van der Waals surface area contributed by atoms with Crippen molar-refractivity contribution in [3.63, 3.8) is 0 Å². The third-order valence-corrected chi connectivity index (χ3v) is 9.48. The maximum Gasteiger partial charge on any atom is 0.328 e. The molecule has 2 atom stereocenters. The molecule has 10 nitrogen and oxygen atoms in total. The molecule has 1 aromatic heterocycles. The van der Waals surface area contributed by atoms with Crippen LogP contribution in [0.5, 0.6) is 0 Å². The number of amides is 2. The Morgan fingerprint density at radius 2 is 2.08 bits per heavy atom. The second kappa shape index (κ2) is 10.5. The van der Waals surface area contributed by atoms with Gasteiger partial charge in [-0.15, -0.1) is 0 Å². The van der Waals surface area contributed by atoms with Crippen molar-refractivity contribution in [3.05, 3.63) is 23.5 Å². The second-order valence-electron chi connectivity index (χ2n) is 10.3. The summed E-state index contributed by atoms with van der Waals surface area (Å²) in [5, 5.41) is 0. The summed E-state index contributed by atoms with van der Waals surface area (Å²) >= 11 is 0. The Bertz CT molecular complexity index is 1290. The SMILES string of the molecule is CN(C)C1(C#CC#Cc2cc3n(c2)C(=O)N(CCC(C)(C(=O)NOC2CCCCO2)S(C)(=O)=O)C3)CC1. The minimum Gasteiger partial charge on any atom is -0.350 e. The Balaban J connectivity index is 1.36. The van der Waals surface area contributed by atoms with Crippen molar-refractivity contribution in [2.24, 2.45) is 0 Å². The molecule has 1 aliphatic carbocycles. The van der Waals surface area contributed by atoms with Crippen molar-refractivity contribution in [1.29, 1.82) is 0 Å². The van der Waals surface area contributed by atoms with E-state index in [1.165, 1.54) is 16.4 Å². The van der Waals surface area contributed by atoms with Crippen LogP contribution in [0.2, 0.25) is 0 Å². The summed E-state index contributed by atoms with van der Waals surface area (Å²) in [5.41, 5.74) is 3.65. The van der Waals surface area contributed by atoms with Gasteiger partial charge in [0.15, 0.2) is 20.9 Å². The van der Waals surface area contributed by atoms with E-state index in [9.17, 15) is 18.0 Å². The third-order valence-electron chi connectivity index (χ3n) is 7.45. The lowest BCUT2D eigenvalue weighted by atomic mass is 10.1. The lowest BCUT2D eigenvalue weighted by Crippen LogP contribution is -2.52. The third kappa shape index (κ3) is 5.86. The molecule has 2 amide bonds. The van der Waals surface area contributed by atoms with Crippen LogP contribution >= 0.6 is 0 Å². The van der Waals surface area contributed by atoms with Crippen LogP contribution < -0.4 is 5.48 Å². The topological polar surface area (TPSA) is 110 Å². The Labute approximate surface area is 218 Å². The number of nitrogens with one attached hydrogen (secondary N) is 1. The molecule has 2 fully saturated rings. The molecule has 0 radical (unpaired) electrons. The number of rotatable bonds is 8. The maximum absolute atomic E-state index is 12.9. The van der Waals surface area contributed by atoms with Crippen LogP contribution in [0, 0.1) is 23.7 Å². The molecular formula is C26H34N4O6S. The number of hydroxylamine groups is 1. The highest BCUT2D eigenvalue weighted by Gasteiger charge is 2.45. The van der Waals surface area contributed by atoms with E-state index in [1.807, 2.05) is 20.2 Å². The van der Waals surface area contributed by atoms with Crippen molar-refractivity contribution >= 4 is 21.8 Å². The van der Waals surface area contributed by atoms with Gasteiger partial charge < -0.3 is 9.64 Å². The van der Waals surface area contributed by atoms with E-state index < -0.39 is 26.8 Å². The van der Waals surface area contributed by atoms with Crippen LogP contribution in [0.4, 0.5) is 4.79 Å². The van der Waals surface area contributed by atoms with Crippen LogP contribution in [-0.4, -0.2) is 84.8 Å². The summed E-state index contributed by atoms with van der Waals surface area (Å²) in [7, 11) is 0.197. The molecule has 0 aromatic carbocycles. The summed E-state index contributed by atoms with van der Waals surface area (Å²) in [6.07, 6.45) is 6.51. The van der Waals surface area contributed by atoms with Gasteiger partial charge in [-0.1, -0.05) is 11.8 Å². The molecule has 0 spiro atoms. The first kappa shape index (κ1) is 27.2. The highest BCUT2D eigenvalue weighted by atomic mass is 32.2.